The van der Waals surface area contributed by atoms with Gasteiger partial charge in [0.05, 0.1) is 19.8 Å². The zero-order chi connectivity index (χ0) is 20.1. The van der Waals surface area contributed by atoms with Crippen LogP contribution in [0.15, 0.2) is 53.1 Å². The first kappa shape index (κ1) is 19.5. The molecule has 1 N–H and O–H groups in total. The molecule has 6 nitrogen and oxygen atoms in total. The van der Waals surface area contributed by atoms with Gasteiger partial charge in [0.1, 0.15) is 11.3 Å². The van der Waals surface area contributed by atoms with Crippen molar-refractivity contribution in [2.75, 3.05) is 7.11 Å². The van der Waals surface area contributed by atoms with Crippen LogP contribution >= 0.6 is 0 Å². The topological polar surface area (TPSA) is 77.8 Å². The fourth-order valence-electron chi connectivity index (χ4n) is 2.95. The van der Waals surface area contributed by atoms with Crippen molar-refractivity contribution in [1.29, 1.82) is 0 Å². The summed E-state index contributed by atoms with van der Waals surface area (Å²) < 4.78 is 16.0. The molecule has 0 aliphatic carbocycles. The lowest BCUT2D eigenvalue weighted by Crippen LogP contribution is -2.35. The summed E-state index contributed by atoms with van der Waals surface area (Å²) in [5, 5.41) is 3.63. The van der Waals surface area contributed by atoms with Crippen LogP contribution in [0.3, 0.4) is 0 Å². The van der Waals surface area contributed by atoms with Crippen molar-refractivity contribution in [2.45, 2.75) is 32.9 Å². The lowest BCUT2D eigenvalue weighted by atomic mass is 10.1. The Kier molecular flexibility index (Phi) is 5.99. The summed E-state index contributed by atoms with van der Waals surface area (Å²) in [7, 11) is 1.58. The Labute approximate surface area is 163 Å². The van der Waals surface area contributed by atoms with Crippen molar-refractivity contribution in [3.8, 4) is 5.75 Å². The van der Waals surface area contributed by atoms with Crippen molar-refractivity contribution in [1.82, 2.24) is 5.32 Å². The molecule has 0 aliphatic rings. The van der Waals surface area contributed by atoms with Crippen LogP contribution in [0.1, 0.15) is 23.6 Å². The number of furan rings is 1. The van der Waals surface area contributed by atoms with Gasteiger partial charge in [0.2, 0.25) is 0 Å². The average Bonchev–Trinajstić information content (AvgIpc) is 3.07. The molecule has 1 aromatic heterocycles. The van der Waals surface area contributed by atoms with Crippen LogP contribution < -0.4 is 10.1 Å². The number of carbonyl (C=O) groups excluding carboxylic acids is 2. The second-order valence-corrected chi connectivity index (χ2v) is 6.60. The highest BCUT2D eigenvalue weighted by molar-refractivity contribution is 5.88. The molecule has 146 valence electrons. The lowest BCUT2D eigenvalue weighted by molar-refractivity contribution is -0.154. The Bertz CT molecular complexity index is 992. The summed E-state index contributed by atoms with van der Waals surface area (Å²) in [6.07, 6.45) is 0.695. The predicted molar refractivity (Wildman–Crippen MR) is 105 cm³/mol. The summed E-state index contributed by atoms with van der Waals surface area (Å²) in [6.45, 7) is 3.81. The minimum atomic E-state index is -0.900. The SMILES string of the molecule is COc1ccccc1CNC(=O)[C@H](C)OC(=O)Cc1coc2cc(C)ccc12. The van der Waals surface area contributed by atoms with E-state index in [0.29, 0.717) is 5.75 Å². The fraction of sp³-hybridized carbons (Fsp3) is 0.273. The molecular formula is C22H23NO5. The largest absolute Gasteiger partial charge is 0.496 e. The highest BCUT2D eigenvalue weighted by Crippen LogP contribution is 2.23. The molecule has 0 saturated carbocycles. The molecule has 3 rings (SSSR count). The maximum Gasteiger partial charge on any atom is 0.311 e. The van der Waals surface area contributed by atoms with Gasteiger partial charge in [0.25, 0.3) is 5.91 Å². The Balaban J connectivity index is 1.55. The van der Waals surface area contributed by atoms with Crippen molar-refractivity contribution in [2.24, 2.45) is 0 Å². The highest BCUT2D eigenvalue weighted by atomic mass is 16.5. The highest BCUT2D eigenvalue weighted by Gasteiger charge is 2.19. The summed E-state index contributed by atoms with van der Waals surface area (Å²) in [5.74, 6) is -0.162. The standard InChI is InChI=1S/C22H23NO5/c1-14-8-9-18-17(13-27-20(18)10-14)11-21(24)28-15(2)22(25)23-12-16-6-4-5-7-19(16)26-3/h4-10,13,15H,11-12H2,1-3H3,(H,23,25)/t15-/m0/s1. The van der Waals surface area contributed by atoms with Crippen molar-refractivity contribution < 1.29 is 23.5 Å². The Morgan fingerprint density at radius 2 is 1.93 bits per heavy atom. The Morgan fingerprint density at radius 1 is 1.14 bits per heavy atom. The molecule has 0 spiro atoms. The molecule has 0 fully saturated rings. The molecule has 2 aromatic carbocycles. The number of aryl methyl sites for hydroxylation is 1. The van der Waals surface area contributed by atoms with E-state index < -0.39 is 12.1 Å². The second-order valence-electron chi connectivity index (χ2n) is 6.60. The summed E-state index contributed by atoms with van der Waals surface area (Å²) in [6, 6.07) is 13.2. The van der Waals surface area contributed by atoms with Gasteiger partial charge in [-0.25, -0.2) is 0 Å². The number of hydrogen-bond acceptors (Lipinski definition) is 5. The number of carbonyl (C=O) groups is 2. The molecular weight excluding hydrogens is 358 g/mol. The zero-order valence-electron chi connectivity index (χ0n) is 16.2. The Hall–Kier alpha value is -3.28. The van der Waals surface area contributed by atoms with Crippen LogP contribution in [0.25, 0.3) is 11.0 Å². The van der Waals surface area contributed by atoms with Crippen LogP contribution in [0.5, 0.6) is 5.75 Å². The van der Waals surface area contributed by atoms with Gasteiger partial charge < -0.3 is 19.2 Å². The third-order valence-corrected chi connectivity index (χ3v) is 4.47. The zero-order valence-corrected chi connectivity index (χ0v) is 16.2. The van der Waals surface area contributed by atoms with E-state index in [1.54, 1.807) is 20.3 Å². The van der Waals surface area contributed by atoms with Gasteiger partial charge >= 0.3 is 5.97 Å². The van der Waals surface area contributed by atoms with Crippen LogP contribution in [0, 0.1) is 6.92 Å². The summed E-state index contributed by atoms with van der Waals surface area (Å²) >= 11 is 0. The molecule has 28 heavy (non-hydrogen) atoms. The van der Waals surface area contributed by atoms with E-state index in [0.717, 1.165) is 27.7 Å². The monoisotopic (exact) mass is 381 g/mol. The molecule has 3 aromatic rings. The number of esters is 1. The molecule has 6 heteroatoms. The van der Waals surface area contributed by atoms with E-state index in [1.807, 2.05) is 49.4 Å². The van der Waals surface area contributed by atoms with E-state index in [9.17, 15) is 9.59 Å². The molecule has 0 aliphatic heterocycles. The van der Waals surface area contributed by atoms with E-state index in [-0.39, 0.29) is 18.9 Å². The molecule has 1 atom stereocenters. The normalized spacial score (nSPS) is 11.8. The van der Waals surface area contributed by atoms with Gasteiger partial charge in [-0.1, -0.05) is 30.3 Å². The second kappa shape index (κ2) is 8.61. The number of fused-ring (bicyclic) bond motifs is 1. The number of hydrogen-bond donors (Lipinski definition) is 1. The van der Waals surface area contributed by atoms with Gasteiger partial charge in [-0.2, -0.15) is 0 Å². The van der Waals surface area contributed by atoms with Gasteiger partial charge in [0, 0.05) is 23.1 Å². The maximum atomic E-state index is 12.3. The average molecular weight is 381 g/mol. The van der Waals surface area contributed by atoms with Gasteiger partial charge in [0.15, 0.2) is 6.10 Å². The number of nitrogens with one attached hydrogen (secondary N) is 1. The molecule has 1 amide bonds. The van der Waals surface area contributed by atoms with Crippen molar-refractivity contribution in [3.05, 3.63) is 65.4 Å². The quantitative estimate of drug-likeness (QED) is 0.634. The predicted octanol–water partition coefficient (Wildman–Crippen LogP) is 3.54. The molecule has 0 saturated heterocycles. The first-order valence-electron chi connectivity index (χ1n) is 9.03. The lowest BCUT2D eigenvalue weighted by Gasteiger charge is -2.14. The smallest absolute Gasteiger partial charge is 0.311 e. The fourth-order valence-corrected chi connectivity index (χ4v) is 2.95. The summed E-state index contributed by atoms with van der Waals surface area (Å²) in [5.41, 5.74) is 3.39. The van der Waals surface area contributed by atoms with Crippen molar-refractivity contribution in [3.63, 3.8) is 0 Å². The van der Waals surface area contributed by atoms with Crippen LogP contribution in [-0.2, 0) is 27.3 Å². The summed E-state index contributed by atoms with van der Waals surface area (Å²) in [4.78, 5) is 24.5. The molecule has 1 heterocycles. The number of rotatable bonds is 7. The van der Waals surface area contributed by atoms with Crippen LogP contribution in [-0.4, -0.2) is 25.1 Å². The number of amides is 1. The number of methoxy groups -OCH3 is 1. The van der Waals surface area contributed by atoms with Gasteiger partial charge in [-0.05, 0) is 31.5 Å². The van der Waals surface area contributed by atoms with Gasteiger partial charge in [-0.3, -0.25) is 9.59 Å². The molecule has 0 bridgehead atoms. The van der Waals surface area contributed by atoms with E-state index >= 15 is 0 Å². The third-order valence-electron chi connectivity index (χ3n) is 4.47. The molecule has 0 radical (unpaired) electrons. The van der Waals surface area contributed by atoms with Crippen LogP contribution in [0.2, 0.25) is 0 Å². The number of ether oxygens (including phenoxy) is 2. The Morgan fingerprint density at radius 3 is 2.71 bits per heavy atom. The number of para-hydroxylation sites is 1. The minimum absolute atomic E-state index is 0.0419. The minimum Gasteiger partial charge on any atom is -0.496 e. The van der Waals surface area contributed by atoms with Crippen molar-refractivity contribution >= 4 is 22.8 Å². The van der Waals surface area contributed by atoms with Crippen LogP contribution in [0.4, 0.5) is 0 Å². The van der Waals surface area contributed by atoms with E-state index in [1.165, 1.54) is 0 Å². The first-order chi connectivity index (χ1) is 13.5. The first-order valence-corrected chi connectivity index (χ1v) is 9.03. The van der Waals surface area contributed by atoms with E-state index in [2.05, 4.69) is 5.32 Å². The van der Waals surface area contributed by atoms with E-state index in [4.69, 9.17) is 13.9 Å². The van der Waals surface area contributed by atoms with Gasteiger partial charge in [-0.15, -0.1) is 0 Å². The third kappa shape index (κ3) is 4.52. The maximum absolute atomic E-state index is 12.3. The molecule has 0 unspecified atom stereocenters. The number of benzene rings is 2.